The minimum absolute atomic E-state index is 0.191. The molecule has 0 saturated carbocycles. The monoisotopic (exact) mass is 289 g/mol. The number of nitrogens with zero attached hydrogens (tertiary/aromatic N) is 2. The van der Waals surface area contributed by atoms with Gasteiger partial charge in [0.15, 0.2) is 0 Å². The van der Waals surface area contributed by atoms with E-state index >= 15 is 0 Å². The quantitative estimate of drug-likeness (QED) is 0.848. The first-order valence-corrected chi connectivity index (χ1v) is 7.32. The molecule has 0 aliphatic rings. The molecule has 1 aromatic heterocycles. The first-order chi connectivity index (χ1) is 10.0. The molecule has 0 spiro atoms. The van der Waals surface area contributed by atoms with Crippen LogP contribution in [0.15, 0.2) is 28.7 Å². The van der Waals surface area contributed by atoms with Crippen LogP contribution in [0.5, 0.6) is 5.75 Å². The molecule has 2 aromatic rings. The SMILES string of the molecule is Cc1cccc(OCCc2nnc(C(N)CC(C)C)o2)c1. The van der Waals surface area contributed by atoms with Gasteiger partial charge < -0.3 is 14.9 Å². The molecule has 2 N–H and O–H groups in total. The van der Waals surface area contributed by atoms with Gasteiger partial charge in [0, 0.05) is 0 Å². The topological polar surface area (TPSA) is 74.2 Å². The fraction of sp³-hybridized carbons (Fsp3) is 0.500. The second kappa shape index (κ2) is 7.22. The molecule has 0 aliphatic heterocycles. The lowest BCUT2D eigenvalue weighted by Gasteiger charge is -2.09. The highest BCUT2D eigenvalue weighted by Crippen LogP contribution is 2.18. The van der Waals surface area contributed by atoms with Gasteiger partial charge in [0.05, 0.1) is 19.1 Å². The Morgan fingerprint density at radius 3 is 2.81 bits per heavy atom. The van der Waals surface area contributed by atoms with Crippen LogP contribution in [0, 0.1) is 12.8 Å². The Hall–Kier alpha value is -1.88. The van der Waals surface area contributed by atoms with Crippen LogP contribution in [0.25, 0.3) is 0 Å². The summed E-state index contributed by atoms with van der Waals surface area (Å²) in [6, 6.07) is 7.75. The van der Waals surface area contributed by atoms with Crippen molar-refractivity contribution in [2.24, 2.45) is 11.7 Å². The molecule has 1 aromatic carbocycles. The molecule has 1 heterocycles. The maximum atomic E-state index is 6.02. The van der Waals surface area contributed by atoms with E-state index in [4.69, 9.17) is 14.9 Å². The Labute approximate surface area is 125 Å². The van der Waals surface area contributed by atoms with E-state index in [0.29, 0.717) is 30.7 Å². The first kappa shape index (κ1) is 15.5. The van der Waals surface area contributed by atoms with Crippen molar-refractivity contribution in [2.75, 3.05) is 6.61 Å². The average Bonchev–Trinajstić information content (AvgIpc) is 2.87. The molecule has 21 heavy (non-hydrogen) atoms. The lowest BCUT2D eigenvalue weighted by atomic mass is 10.1. The van der Waals surface area contributed by atoms with Gasteiger partial charge in [-0.3, -0.25) is 0 Å². The molecule has 5 heteroatoms. The van der Waals surface area contributed by atoms with Gasteiger partial charge in [0.1, 0.15) is 5.75 Å². The van der Waals surface area contributed by atoms with Crippen LogP contribution in [0.1, 0.15) is 43.7 Å². The maximum Gasteiger partial charge on any atom is 0.233 e. The third-order valence-corrected chi connectivity index (χ3v) is 3.10. The molecule has 2 rings (SSSR count). The zero-order chi connectivity index (χ0) is 15.2. The highest BCUT2D eigenvalue weighted by Gasteiger charge is 2.15. The van der Waals surface area contributed by atoms with E-state index in [9.17, 15) is 0 Å². The van der Waals surface area contributed by atoms with Crippen molar-refractivity contribution in [2.45, 2.75) is 39.7 Å². The van der Waals surface area contributed by atoms with Crippen LogP contribution < -0.4 is 10.5 Å². The molecule has 0 saturated heterocycles. The number of benzene rings is 1. The number of rotatable bonds is 7. The minimum atomic E-state index is -0.191. The molecule has 5 nitrogen and oxygen atoms in total. The molecular weight excluding hydrogens is 266 g/mol. The predicted molar refractivity (Wildman–Crippen MR) is 81.1 cm³/mol. The number of nitrogens with two attached hydrogens (primary N) is 1. The lowest BCUT2D eigenvalue weighted by molar-refractivity contribution is 0.300. The standard InChI is InChI=1S/C16H23N3O2/c1-11(2)9-14(17)16-19-18-15(21-16)7-8-20-13-6-4-5-12(3)10-13/h4-6,10-11,14H,7-9,17H2,1-3H3. The average molecular weight is 289 g/mol. The molecule has 1 atom stereocenters. The number of aryl methyl sites for hydroxylation is 1. The summed E-state index contributed by atoms with van der Waals surface area (Å²) >= 11 is 0. The van der Waals surface area contributed by atoms with E-state index in [-0.39, 0.29) is 6.04 Å². The summed E-state index contributed by atoms with van der Waals surface area (Å²) in [7, 11) is 0. The number of aromatic nitrogens is 2. The maximum absolute atomic E-state index is 6.02. The van der Waals surface area contributed by atoms with Gasteiger partial charge in [-0.1, -0.05) is 26.0 Å². The van der Waals surface area contributed by atoms with Gasteiger partial charge in [0.2, 0.25) is 11.8 Å². The third kappa shape index (κ3) is 4.86. The van der Waals surface area contributed by atoms with E-state index in [1.54, 1.807) is 0 Å². The molecule has 0 amide bonds. The minimum Gasteiger partial charge on any atom is -0.493 e. The van der Waals surface area contributed by atoms with Gasteiger partial charge in [-0.2, -0.15) is 0 Å². The van der Waals surface area contributed by atoms with E-state index < -0.39 is 0 Å². The Kier molecular flexibility index (Phi) is 5.33. The van der Waals surface area contributed by atoms with Gasteiger partial charge in [-0.25, -0.2) is 0 Å². The first-order valence-electron chi connectivity index (χ1n) is 7.32. The summed E-state index contributed by atoms with van der Waals surface area (Å²) < 4.78 is 11.2. The Morgan fingerprint density at radius 1 is 1.29 bits per heavy atom. The van der Waals surface area contributed by atoms with E-state index in [1.165, 1.54) is 5.56 Å². The van der Waals surface area contributed by atoms with Crippen molar-refractivity contribution in [3.05, 3.63) is 41.6 Å². The van der Waals surface area contributed by atoms with E-state index in [1.807, 2.05) is 31.2 Å². The Balaban J connectivity index is 1.83. The fourth-order valence-corrected chi connectivity index (χ4v) is 2.09. The van der Waals surface area contributed by atoms with Crippen molar-refractivity contribution in [3.63, 3.8) is 0 Å². The third-order valence-electron chi connectivity index (χ3n) is 3.10. The van der Waals surface area contributed by atoms with Crippen LogP contribution >= 0.6 is 0 Å². The summed E-state index contributed by atoms with van der Waals surface area (Å²) in [5, 5.41) is 8.03. The van der Waals surface area contributed by atoms with Crippen LogP contribution in [-0.2, 0) is 6.42 Å². The summed E-state index contributed by atoms with van der Waals surface area (Å²) in [5.74, 6) is 2.43. The Morgan fingerprint density at radius 2 is 2.10 bits per heavy atom. The van der Waals surface area contributed by atoms with Gasteiger partial charge in [-0.05, 0) is 37.0 Å². The molecule has 0 fully saturated rings. The fourth-order valence-electron chi connectivity index (χ4n) is 2.09. The molecule has 114 valence electrons. The number of hydrogen-bond donors (Lipinski definition) is 1. The van der Waals surface area contributed by atoms with E-state index in [2.05, 4.69) is 24.0 Å². The molecule has 0 radical (unpaired) electrons. The summed E-state index contributed by atoms with van der Waals surface area (Å²) in [6.07, 6.45) is 1.41. The predicted octanol–water partition coefficient (Wildman–Crippen LogP) is 3.05. The molecule has 1 unspecified atom stereocenters. The highest BCUT2D eigenvalue weighted by atomic mass is 16.5. The van der Waals surface area contributed by atoms with Crippen LogP contribution in [-0.4, -0.2) is 16.8 Å². The van der Waals surface area contributed by atoms with Gasteiger partial charge in [-0.15, -0.1) is 10.2 Å². The van der Waals surface area contributed by atoms with Crippen LogP contribution in [0.3, 0.4) is 0 Å². The lowest BCUT2D eigenvalue weighted by Crippen LogP contribution is -2.13. The number of ether oxygens (including phenoxy) is 1. The van der Waals surface area contributed by atoms with Crippen LogP contribution in [0.2, 0.25) is 0 Å². The molecular formula is C16H23N3O2. The van der Waals surface area contributed by atoms with Crippen molar-refractivity contribution in [1.82, 2.24) is 10.2 Å². The Bertz CT molecular complexity index is 566. The smallest absolute Gasteiger partial charge is 0.233 e. The van der Waals surface area contributed by atoms with Crippen molar-refractivity contribution >= 4 is 0 Å². The second-order valence-electron chi connectivity index (χ2n) is 5.69. The normalized spacial score (nSPS) is 12.6. The van der Waals surface area contributed by atoms with Gasteiger partial charge in [0.25, 0.3) is 0 Å². The summed E-state index contributed by atoms with van der Waals surface area (Å²) in [5.41, 5.74) is 7.19. The van der Waals surface area contributed by atoms with Crippen molar-refractivity contribution < 1.29 is 9.15 Å². The summed E-state index contributed by atoms with van der Waals surface area (Å²) in [6.45, 7) is 6.78. The largest absolute Gasteiger partial charge is 0.493 e. The van der Waals surface area contributed by atoms with E-state index in [0.717, 1.165) is 12.2 Å². The highest BCUT2D eigenvalue weighted by molar-refractivity contribution is 5.27. The van der Waals surface area contributed by atoms with Crippen molar-refractivity contribution in [3.8, 4) is 5.75 Å². The number of hydrogen-bond acceptors (Lipinski definition) is 5. The second-order valence-corrected chi connectivity index (χ2v) is 5.69. The van der Waals surface area contributed by atoms with Crippen molar-refractivity contribution in [1.29, 1.82) is 0 Å². The van der Waals surface area contributed by atoms with Gasteiger partial charge >= 0.3 is 0 Å². The summed E-state index contributed by atoms with van der Waals surface area (Å²) in [4.78, 5) is 0. The van der Waals surface area contributed by atoms with Crippen LogP contribution in [0.4, 0.5) is 0 Å². The zero-order valence-corrected chi connectivity index (χ0v) is 12.9. The molecule has 0 aliphatic carbocycles. The molecule has 0 bridgehead atoms. The zero-order valence-electron chi connectivity index (χ0n) is 12.9.